The predicted octanol–water partition coefficient (Wildman–Crippen LogP) is 1.88. The molecule has 0 spiro atoms. The fourth-order valence-corrected chi connectivity index (χ4v) is 3.45. The fraction of sp³-hybridized carbons (Fsp3) is 0.909. The number of nitrogens with zero attached hydrogens (tertiary/aromatic N) is 1. The Balaban J connectivity index is 1.74. The van der Waals surface area contributed by atoms with E-state index in [2.05, 4.69) is 10.3 Å². The Morgan fingerprint density at radius 1 is 1.53 bits per heavy atom. The standard InChI is InChI=1S/C11H20N2OS/c1-2-14-7-6-12-11-13-10-5-3-4-9(10)8-15-11/h9-10H,2-8H2,1H3,(H,12,13). The molecule has 0 bridgehead atoms. The molecule has 3 nitrogen and oxygen atoms in total. The lowest BCUT2D eigenvalue weighted by molar-refractivity contribution is 0.156. The van der Waals surface area contributed by atoms with Crippen LogP contribution < -0.4 is 5.32 Å². The molecular formula is C11H20N2OS. The van der Waals surface area contributed by atoms with Gasteiger partial charge in [0.2, 0.25) is 0 Å². The minimum atomic E-state index is 0.706. The summed E-state index contributed by atoms with van der Waals surface area (Å²) in [6.45, 7) is 4.34. The van der Waals surface area contributed by atoms with Crippen LogP contribution in [-0.4, -0.2) is 36.7 Å². The summed E-state index contributed by atoms with van der Waals surface area (Å²) in [5.41, 5.74) is 0. The number of thioether (sulfide) groups is 1. The minimum absolute atomic E-state index is 0.706. The monoisotopic (exact) mass is 228 g/mol. The van der Waals surface area contributed by atoms with E-state index in [1.807, 2.05) is 18.7 Å². The molecule has 2 unspecified atom stereocenters. The van der Waals surface area contributed by atoms with Crippen molar-refractivity contribution in [2.45, 2.75) is 32.2 Å². The van der Waals surface area contributed by atoms with E-state index in [0.717, 1.165) is 30.8 Å². The van der Waals surface area contributed by atoms with Crippen LogP contribution in [0.4, 0.5) is 0 Å². The highest BCUT2D eigenvalue weighted by atomic mass is 32.2. The molecular weight excluding hydrogens is 208 g/mol. The summed E-state index contributed by atoms with van der Waals surface area (Å²) in [7, 11) is 0. The van der Waals surface area contributed by atoms with Crippen molar-refractivity contribution in [3.63, 3.8) is 0 Å². The van der Waals surface area contributed by atoms with E-state index in [9.17, 15) is 0 Å². The van der Waals surface area contributed by atoms with Crippen LogP contribution >= 0.6 is 11.8 Å². The molecule has 1 N–H and O–H groups in total. The van der Waals surface area contributed by atoms with Gasteiger partial charge in [-0.15, -0.1) is 0 Å². The molecule has 0 amide bonds. The molecule has 1 saturated carbocycles. The van der Waals surface area contributed by atoms with E-state index in [-0.39, 0.29) is 0 Å². The molecule has 2 aliphatic rings. The first-order chi connectivity index (χ1) is 7.40. The second kappa shape index (κ2) is 5.75. The zero-order chi connectivity index (χ0) is 10.5. The molecule has 2 rings (SSSR count). The SMILES string of the molecule is CCOCCN=C1NC2CCCC2CS1. The molecule has 15 heavy (non-hydrogen) atoms. The van der Waals surface area contributed by atoms with Gasteiger partial charge in [-0.1, -0.05) is 18.2 Å². The third-order valence-corrected chi connectivity index (χ3v) is 4.21. The quantitative estimate of drug-likeness (QED) is 0.746. The Hall–Kier alpha value is -0.220. The van der Waals surface area contributed by atoms with Crippen LogP contribution in [-0.2, 0) is 4.74 Å². The second-order valence-electron chi connectivity index (χ2n) is 4.14. The minimum Gasteiger partial charge on any atom is -0.380 e. The number of hydrogen-bond acceptors (Lipinski definition) is 3. The van der Waals surface area contributed by atoms with Crippen molar-refractivity contribution in [1.82, 2.24) is 5.32 Å². The van der Waals surface area contributed by atoms with Crippen LogP contribution in [0.1, 0.15) is 26.2 Å². The third-order valence-electron chi connectivity index (χ3n) is 3.10. The number of hydrogen-bond donors (Lipinski definition) is 1. The van der Waals surface area contributed by atoms with Gasteiger partial charge in [-0.25, -0.2) is 0 Å². The van der Waals surface area contributed by atoms with Crippen molar-refractivity contribution in [2.24, 2.45) is 10.9 Å². The Morgan fingerprint density at radius 2 is 2.47 bits per heavy atom. The van der Waals surface area contributed by atoms with E-state index in [4.69, 9.17) is 4.74 Å². The van der Waals surface area contributed by atoms with Gasteiger partial charge in [-0.3, -0.25) is 4.99 Å². The predicted molar refractivity (Wildman–Crippen MR) is 65.5 cm³/mol. The maximum atomic E-state index is 5.27. The maximum Gasteiger partial charge on any atom is 0.156 e. The lowest BCUT2D eigenvalue weighted by Gasteiger charge is -2.28. The molecule has 1 heterocycles. The third kappa shape index (κ3) is 3.11. The molecule has 0 aromatic rings. The van der Waals surface area contributed by atoms with Crippen LogP contribution in [0.5, 0.6) is 0 Å². The number of aliphatic imine (C=N–C) groups is 1. The van der Waals surface area contributed by atoms with Crippen LogP contribution in [0.2, 0.25) is 0 Å². The van der Waals surface area contributed by atoms with Crippen LogP contribution in [0.25, 0.3) is 0 Å². The van der Waals surface area contributed by atoms with E-state index in [1.54, 1.807) is 0 Å². The Morgan fingerprint density at radius 3 is 3.33 bits per heavy atom. The van der Waals surface area contributed by atoms with Gasteiger partial charge in [0, 0.05) is 18.4 Å². The Kier molecular flexibility index (Phi) is 4.32. The summed E-state index contributed by atoms with van der Waals surface area (Å²) in [4.78, 5) is 4.52. The van der Waals surface area contributed by atoms with Gasteiger partial charge in [0.1, 0.15) is 0 Å². The van der Waals surface area contributed by atoms with Crippen LogP contribution in [0.15, 0.2) is 4.99 Å². The Bertz CT molecular complexity index is 233. The van der Waals surface area contributed by atoms with Crippen molar-refractivity contribution < 1.29 is 4.74 Å². The number of ether oxygens (including phenoxy) is 1. The first-order valence-corrected chi connectivity index (χ1v) is 6.90. The van der Waals surface area contributed by atoms with E-state index in [1.165, 1.54) is 25.0 Å². The first-order valence-electron chi connectivity index (χ1n) is 5.91. The summed E-state index contributed by atoms with van der Waals surface area (Å²) >= 11 is 1.88. The highest BCUT2D eigenvalue weighted by Crippen LogP contribution is 2.32. The first kappa shape index (κ1) is 11.3. The molecule has 2 fully saturated rings. The number of amidine groups is 1. The topological polar surface area (TPSA) is 33.6 Å². The van der Waals surface area contributed by atoms with Crippen LogP contribution in [0, 0.1) is 5.92 Å². The lowest BCUT2D eigenvalue weighted by atomic mass is 10.1. The number of fused-ring (bicyclic) bond motifs is 1. The Labute approximate surface area is 96.1 Å². The van der Waals surface area contributed by atoms with Crippen molar-refractivity contribution in [3.8, 4) is 0 Å². The van der Waals surface area contributed by atoms with Crippen molar-refractivity contribution in [1.29, 1.82) is 0 Å². The van der Waals surface area contributed by atoms with Gasteiger partial charge in [-0.2, -0.15) is 0 Å². The number of rotatable bonds is 4. The summed E-state index contributed by atoms with van der Waals surface area (Å²) < 4.78 is 5.27. The second-order valence-corrected chi connectivity index (χ2v) is 5.15. The molecule has 2 atom stereocenters. The van der Waals surface area contributed by atoms with Gasteiger partial charge in [0.25, 0.3) is 0 Å². The molecule has 0 aromatic heterocycles. The average molecular weight is 228 g/mol. The largest absolute Gasteiger partial charge is 0.380 e. The smallest absolute Gasteiger partial charge is 0.156 e. The summed E-state index contributed by atoms with van der Waals surface area (Å²) in [5.74, 6) is 2.14. The fourth-order valence-electron chi connectivity index (χ4n) is 2.26. The molecule has 1 saturated heterocycles. The molecule has 1 aliphatic heterocycles. The van der Waals surface area contributed by atoms with E-state index in [0.29, 0.717) is 6.04 Å². The van der Waals surface area contributed by atoms with Crippen molar-refractivity contribution in [2.75, 3.05) is 25.5 Å². The van der Waals surface area contributed by atoms with Gasteiger partial charge < -0.3 is 10.1 Å². The van der Waals surface area contributed by atoms with Gasteiger partial charge in [0.05, 0.1) is 13.2 Å². The van der Waals surface area contributed by atoms with E-state index >= 15 is 0 Å². The summed E-state index contributed by atoms with van der Waals surface area (Å²) in [6, 6.07) is 0.706. The molecule has 4 heteroatoms. The zero-order valence-electron chi connectivity index (χ0n) is 9.37. The summed E-state index contributed by atoms with van der Waals surface area (Å²) in [5, 5.41) is 4.69. The van der Waals surface area contributed by atoms with E-state index < -0.39 is 0 Å². The zero-order valence-corrected chi connectivity index (χ0v) is 10.2. The normalized spacial score (nSPS) is 32.7. The summed E-state index contributed by atoms with van der Waals surface area (Å²) in [6.07, 6.45) is 4.11. The van der Waals surface area contributed by atoms with Gasteiger partial charge in [-0.05, 0) is 25.7 Å². The highest BCUT2D eigenvalue weighted by Gasteiger charge is 2.31. The van der Waals surface area contributed by atoms with Gasteiger partial charge in [0.15, 0.2) is 5.17 Å². The lowest BCUT2D eigenvalue weighted by Crippen LogP contribution is -2.41. The molecule has 1 aliphatic carbocycles. The van der Waals surface area contributed by atoms with Crippen LogP contribution in [0.3, 0.4) is 0 Å². The average Bonchev–Trinajstić information content (AvgIpc) is 2.71. The molecule has 0 aromatic carbocycles. The van der Waals surface area contributed by atoms with Crippen molar-refractivity contribution >= 4 is 16.9 Å². The maximum absolute atomic E-state index is 5.27. The van der Waals surface area contributed by atoms with Crippen molar-refractivity contribution in [3.05, 3.63) is 0 Å². The molecule has 0 radical (unpaired) electrons. The number of nitrogens with one attached hydrogen (secondary N) is 1. The highest BCUT2D eigenvalue weighted by molar-refractivity contribution is 8.13. The molecule has 86 valence electrons. The van der Waals surface area contributed by atoms with Gasteiger partial charge >= 0.3 is 0 Å².